The van der Waals surface area contributed by atoms with E-state index in [-0.39, 0.29) is 23.7 Å². The van der Waals surface area contributed by atoms with Gasteiger partial charge in [-0.25, -0.2) is 0 Å². The van der Waals surface area contributed by atoms with E-state index in [0.717, 1.165) is 48.2 Å². The molecule has 2 aliphatic heterocycles. The molecule has 1 saturated carbocycles. The van der Waals surface area contributed by atoms with E-state index in [1.165, 1.54) is 0 Å². The fraction of sp³-hybridized carbons (Fsp3) is 0.391. The molecule has 1 aliphatic carbocycles. The van der Waals surface area contributed by atoms with Crippen LogP contribution in [0.3, 0.4) is 0 Å². The van der Waals surface area contributed by atoms with Gasteiger partial charge in [0.15, 0.2) is 5.72 Å². The van der Waals surface area contributed by atoms with Gasteiger partial charge in [0.1, 0.15) is 11.7 Å². The maximum absolute atomic E-state index is 13.3. The molecule has 28 heavy (non-hydrogen) atoms. The van der Waals surface area contributed by atoms with Gasteiger partial charge in [-0.15, -0.1) is 0 Å². The number of carbonyl (C=O) groups excluding carboxylic acids is 2. The van der Waals surface area contributed by atoms with Crippen molar-refractivity contribution in [1.29, 1.82) is 0 Å². The molecule has 0 radical (unpaired) electrons. The number of fused-ring (bicyclic) bond motifs is 2. The Morgan fingerprint density at radius 3 is 2.89 bits per heavy atom. The number of aryl methyl sites for hydroxylation is 1. The number of rotatable bonds is 2. The maximum atomic E-state index is 13.3. The summed E-state index contributed by atoms with van der Waals surface area (Å²) in [5, 5.41) is 6.08. The van der Waals surface area contributed by atoms with Crippen LogP contribution in [0.5, 0.6) is 5.75 Å². The molecule has 2 aromatic carbocycles. The lowest BCUT2D eigenvalue weighted by Gasteiger charge is -2.55. The van der Waals surface area contributed by atoms with Crippen LogP contribution in [0, 0.1) is 18.8 Å². The highest BCUT2D eigenvalue weighted by atomic mass is 16.5. The highest BCUT2D eigenvalue weighted by molar-refractivity contribution is 6.08. The monoisotopic (exact) mass is 376 g/mol. The third kappa shape index (κ3) is 2.60. The first-order valence-electron chi connectivity index (χ1n) is 10.0. The summed E-state index contributed by atoms with van der Waals surface area (Å²) >= 11 is 0. The van der Waals surface area contributed by atoms with E-state index in [4.69, 9.17) is 4.74 Å². The Balaban J connectivity index is 1.55. The Bertz CT molecular complexity index is 956. The fourth-order valence-corrected chi connectivity index (χ4v) is 5.30. The summed E-state index contributed by atoms with van der Waals surface area (Å²) in [6, 6.07) is 15.5. The summed E-state index contributed by atoms with van der Waals surface area (Å²) in [4.78, 5) is 26.4. The second kappa shape index (κ2) is 6.36. The molecule has 2 bridgehead atoms. The maximum Gasteiger partial charge on any atom is 0.237 e. The van der Waals surface area contributed by atoms with Crippen molar-refractivity contribution in [1.82, 2.24) is 5.32 Å². The van der Waals surface area contributed by atoms with Crippen LogP contribution in [0.2, 0.25) is 0 Å². The number of benzene rings is 2. The molecular formula is C23H24N2O3. The standard InChI is InChI=1S/C23H24N2O3/c1-14-7-6-8-15(13-14)24-21(26)20-19-16-9-2-3-11-18(16)28-23(25-22(20)27)12-5-4-10-17(19)23/h2-3,6-9,11,13,17,19-20H,4-5,10,12H2,1H3,(H,24,26)(H,25,27). The van der Waals surface area contributed by atoms with Crippen LogP contribution in [0.15, 0.2) is 48.5 Å². The molecule has 2 N–H and O–H groups in total. The first-order valence-corrected chi connectivity index (χ1v) is 10.0. The van der Waals surface area contributed by atoms with Gasteiger partial charge in [-0.2, -0.15) is 0 Å². The Morgan fingerprint density at radius 1 is 1.18 bits per heavy atom. The number of hydrogen-bond donors (Lipinski definition) is 2. The summed E-state index contributed by atoms with van der Waals surface area (Å²) in [6.45, 7) is 1.98. The molecule has 0 spiro atoms. The van der Waals surface area contributed by atoms with E-state index in [1.807, 2.05) is 55.5 Å². The number of para-hydroxylation sites is 1. The van der Waals surface area contributed by atoms with Crippen molar-refractivity contribution in [2.45, 2.75) is 44.2 Å². The molecule has 5 nitrogen and oxygen atoms in total. The molecule has 5 rings (SSSR count). The van der Waals surface area contributed by atoms with Crippen molar-refractivity contribution in [2.75, 3.05) is 5.32 Å². The van der Waals surface area contributed by atoms with E-state index in [2.05, 4.69) is 10.6 Å². The quantitative estimate of drug-likeness (QED) is 0.785. The number of amides is 2. The SMILES string of the molecule is Cc1cccc(NC(=O)C2C(=O)NC34CCCCC3C2c2ccccc2O4)c1. The first-order chi connectivity index (χ1) is 13.6. The molecule has 2 amide bonds. The smallest absolute Gasteiger partial charge is 0.237 e. The third-order valence-electron chi connectivity index (χ3n) is 6.46. The van der Waals surface area contributed by atoms with E-state index in [9.17, 15) is 9.59 Å². The third-order valence-corrected chi connectivity index (χ3v) is 6.46. The van der Waals surface area contributed by atoms with Crippen LogP contribution < -0.4 is 15.4 Å². The van der Waals surface area contributed by atoms with Gasteiger partial charge >= 0.3 is 0 Å². The lowest BCUT2D eigenvalue weighted by molar-refractivity contribution is -0.160. The van der Waals surface area contributed by atoms with Gasteiger partial charge in [0.2, 0.25) is 11.8 Å². The average Bonchev–Trinajstić information content (AvgIpc) is 2.67. The van der Waals surface area contributed by atoms with Gasteiger partial charge in [0.05, 0.1) is 0 Å². The Kier molecular flexibility index (Phi) is 3.93. The van der Waals surface area contributed by atoms with Crippen molar-refractivity contribution in [3.63, 3.8) is 0 Å². The number of ether oxygens (including phenoxy) is 1. The number of carbonyl (C=O) groups is 2. The normalized spacial score (nSPS) is 30.3. The largest absolute Gasteiger partial charge is 0.467 e. The first kappa shape index (κ1) is 17.3. The van der Waals surface area contributed by atoms with Crippen LogP contribution in [0.4, 0.5) is 5.69 Å². The Labute approximate surface area is 164 Å². The molecule has 0 aromatic heterocycles. The van der Waals surface area contributed by atoms with Gasteiger partial charge in [-0.05, 0) is 49.1 Å². The zero-order valence-corrected chi connectivity index (χ0v) is 15.9. The number of nitrogens with one attached hydrogen (secondary N) is 2. The van der Waals surface area contributed by atoms with Gasteiger partial charge in [0, 0.05) is 23.9 Å². The summed E-state index contributed by atoms with van der Waals surface area (Å²) < 4.78 is 6.36. The van der Waals surface area contributed by atoms with E-state index < -0.39 is 11.6 Å². The molecule has 4 unspecified atom stereocenters. The van der Waals surface area contributed by atoms with Crippen molar-refractivity contribution in [2.24, 2.45) is 11.8 Å². The van der Waals surface area contributed by atoms with Crippen LogP contribution in [0.1, 0.15) is 42.7 Å². The predicted molar refractivity (Wildman–Crippen MR) is 106 cm³/mol. The molecule has 5 heteroatoms. The summed E-state index contributed by atoms with van der Waals surface area (Å²) in [6.07, 6.45) is 3.86. The molecule has 2 heterocycles. The second-order valence-corrected chi connectivity index (χ2v) is 8.23. The average molecular weight is 376 g/mol. The highest BCUT2D eigenvalue weighted by Gasteiger charge is 2.60. The number of hydrogen-bond acceptors (Lipinski definition) is 3. The summed E-state index contributed by atoms with van der Waals surface area (Å²) in [5.74, 6) is -0.501. The van der Waals surface area contributed by atoms with Gasteiger partial charge < -0.3 is 15.4 Å². The zero-order valence-electron chi connectivity index (χ0n) is 15.9. The number of anilines is 1. The van der Waals surface area contributed by atoms with Gasteiger partial charge in [-0.3, -0.25) is 9.59 Å². The van der Waals surface area contributed by atoms with Crippen LogP contribution in [0.25, 0.3) is 0 Å². The molecule has 2 aromatic rings. The molecule has 2 fully saturated rings. The lowest BCUT2D eigenvalue weighted by Crippen LogP contribution is -2.69. The highest BCUT2D eigenvalue weighted by Crippen LogP contribution is 2.55. The number of piperidine rings is 1. The molecule has 4 atom stereocenters. The molecule has 144 valence electrons. The van der Waals surface area contributed by atoms with Crippen molar-refractivity contribution in [3.8, 4) is 5.75 Å². The lowest BCUT2D eigenvalue weighted by atomic mass is 9.62. The van der Waals surface area contributed by atoms with Crippen molar-refractivity contribution in [3.05, 3.63) is 59.7 Å². The van der Waals surface area contributed by atoms with E-state index >= 15 is 0 Å². The van der Waals surface area contributed by atoms with E-state index in [0.29, 0.717) is 0 Å². The van der Waals surface area contributed by atoms with Crippen LogP contribution >= 0.6 is 0 Å². The summed E-state index contributed by atoms with van der Waals surface area (Å²) in [7, 11) is 0. The molecule has 3 aliphatic rings. The van der Waals surface area contributed by atoms with Gasteiger partial charge in [0.25, 0.3) is 0 Å². The minimum Gasteiger partial charge on any atom is -0.467 e. The molecule has 1 saturated heterocycles. The minimum absolute atomic E-state index is 0.113. The second-order valence-electron chi connectivity index (χ2n) is 8.23. The van der Waals surface area contributed by atoms with Gasteiger partial charge in [-0.1, -0.05) is 36.8 Å². The Hall–Kier alpha value is -2.82. The van der Waals surface area contributed by atoms with E-state index in [1.54, 1.807) is 0 Å². The predicted octanol–water partition coefficient (Wildman–Crippen LogP) is 3.74. The van der Waals surface area contributed by atoms with Crippen molar-refractivity contribution < 1.29 is 14.3 Å². The van der Waals surface area contributed by atoms with Crippen LogP contribution in [-0.2, 0) is 9.59 Å². The minimum atomic E-state index is -0.762. The van der Waals surface area contributed by atoms with Crippen LogP contribution in [-0.4, -0.2) is 17.5 Å². The molecular weight excluding hydrogens is 352 g/mol. The topological polar surface area (TPSA) is 67.4 Å². The fourth-order valence-electron chi connectivity index (χ4n) is 5.30. The Morgan fingerprint density at radius 2 is 2.04 bits per heavy atom. The zero-order chi connectivity index (χ0) is 19.3. The summed E-state index contributed by atoms with van der Waals surface area (Å²) in [5.41, 5.74) is 2.09. The van der Waals surface area contributed by atoms with Crippen molar-refractivity contribution >= 4 is 17.5 Å².